The Morgan fingerprint density at radius 3 is 2.88 bits per heavy atom. The first-order valence-electron chi connectivity index (χ1n) is 10.5. The Kier molecular flexibility index (Phi) is 7.45. The zero-order valence-electron chi connectivity index (χ0n) is 18.3. The van der Waals surface area contributed by atoms with Gasteiger partial charge in [0, 0.05) is 23.2 Å². The van der Waals surface area contributed by atoms with Gasteiger partial charge >= 0.3 is 10.3 Å². The van der Waals surface area contributed by atoms with Crippen molar-refractivity contribution < 1.29 is 22.5 Å². The van der Waals surface area contributed by atoms with Crippen LogP contribution in [0.25, 0.3) is 0 Å². The molecule has 0 amide bonds. The lowest BCUT2D eigenvalue weighted by Gasteiger charge is -2.13. The quantitative estimate of drug-likeness (QED) is 0.403. The third-order valence-electron chi connectivity index (χ3n) is 5.90. The van der Waals surface area contributed by atoms with Gasteiger partial charge in [-0.15, -0.1) is 11.3 Å². The van der Waals surface area contributed by atoms with E-state index in [1.165, 1.54) is 23.9 Å². The van der Waals surface area contributed by atoms with Gasteiger partial charge in [0.25, 0.3) is 0 Å². The molecule has 0 bridgehead atoms. The summed E-state index contributed by atoms with van der Waals surface area (Å²) in [7, 11) is -4.07. The van der Waals surface area contributed by atoms with Gasteiger partial charge in [0.15, 0.2) is 0 Å². The van der Waals surface area contributed by atoms with Crippen LogP contribution in [0, 0.1) is 18.8 Å². The van der Waals surface area contributed by atoms with Crippen molar-refractivity contribution in [1.82, 2.24) is 19.7 Å². The molecule has 1 aliphatic carbocycles. The second-order valence-electron chi connectivity index (χ2n) is 8.41. The van der Waals surface area contributed by atoms with E-state index in [1.54, 1.807) is 17.1 Å². The number of aliphatic hydroxyl groups is 1. The summed E-state index contributed by atoms with van der Waals surface area (Å²) in [5.74, 6) is -0.514. The molecule has 0 aliphatic heterocycles. The fraction of sp³-hybridized carbons (Fsp3) is 0.429. The van der Waals surface area contributed by atoms with Crippen LogP contribution in [0.15, 0.2) is 31.0 Å². The van der Waals surface area contributed by atoms with Gasteiger partial charge in [0.2, 0.25) is 5.78 Å². The number of halogens is 1. The van der Waals surface area contributed by atoms with Crippen LogP contribution in [-0.2, 0) is 27.5 Å². The smallest absolute Gasteiger partial charge is 0.333 e. The Morgan fingerprint density at radius 1 is 1.38 bits per heavy atom. The molecule has 182 valence electrons. The highest BCUT2D eigenvalue weighted by molar-refractivity contribution is 7.84. The van der Waals surface area contributed by atoms with Gasteiger partial charge in [-0.2, -0.15) is 13.5 Å². The van der Waals surface area contributed by atoms with E-state index in [-0.39, 0.29) is 24.2 Å². The van der Waals surface area contributed by atoms with E-state index < -0.39 is 16.4 Å². The van der Waals surface area contributed by atoms with E-state index in [2.05, 4.69) is 19.2 Å². The number of nitrogens with two attached hydrogens (primary N) is 1. The van der Waals surface area contributed by atoms with Crippen LogP contribution in [0.5, 0.6) is 0 Å². The average Bonchev–Trinajstić information content (AvgIpc) is 3.45. The van der Waals surface area contributed by atoms with Crippen molar-refractivity contribution in [3.05, 3.63) is 62.6 Å². The van der Waals surface area contributed by atoms with E-state index >= 15 is 0 Å². The van der Waals surface area contributed by atoms with Crippen molar-refractivity contribution >= 4 is 39.0 Å². The van der Waals surface area contributed by atoms with Crippen molar-refractivity contribution in [2.45, 2.75) is 38.8 Å². The standard InChI is InChI=1S/C21H24ClN5O5S2/c1-12-14(8-27-9-16(22)6-26-27)5-20(33-12)21(29)17-7-24-11-25-18(17)3-13-2-15(19(28)4-13)10-32-34(23,30)31/h5-7,9,11,13,15,19,28H,2-4,8,10H2,1H3,(H2,23,30,31)/t13-,15+,19-/m0/s1. The first-order valence-corrected chi connectivity index (χ1v) is 13.2. The van der Waals surface area contributed by atoms with Gasteiger partial charge in [-0.05, 0) is 43.7 Å². The molecule has 3 N–H and O–H groups in total. The SMILES string of the molecule is Cc1sc(C(=O)c2cncnc2C[C@@H]2C[C@H](COS(N)(=O)=O)[C@@H](O)C2)cc1Cn1cc(Cl)cn1. The summed E-state index contributed by atoms with van der Waals surface area (Å²) in [6.45, 7) is 2.28. The Balaban J connectivity index is 1.47. The predicted octanol–water partition coefficient (Wildman–Crippen LogP) is 2.13. The van der Waals surface area contributed by atoms with Crippen LogP contribution in [-0.4, -0.2) is 51.8 Å². The van der Waals surface area contributed by atoms with Crippen molar-refractivity contribution in [3.63, 3.8) is 0 Å². The van der Waals surface area contributed by atoms with E-state index in [0.717, 1.165) is 10.4 Å². The minimum absolute atomic E-state index is 0.00993. The summed E-state index contributed by atoms with van der Waals surface area (Å²) in [6, 6.07) is 1.86. The maximum atomic E-state index is 13.3. The van der Waals surface area contributed by atoms with Crippen LogP contribution in [0.2, 0.25) is 5.02 Å². The lowest BCUT2D eigenvalue weighted by Crippen LogP contribution is -2.24. The van der Waals surface area contributed by atoms with Crippen LogP contribution < -0.4 is 5.14 Å². The Bertz CT molecular complexity index is 1290. The lowest BCUT2D eigenvalue weighted by molar-refractivity contribution is 0.100. The molecule has 1 aliphatic rings. The molecule has 3 atom stereocenters. The highest BCUT2D eigenvalue weighted by atomic mass is 35.5. The molecule has 3 aromatic heterocycles. The number of aromatic nitrogens is 4. The molecule has 0 saturated heterocycles. The predicted molar refractivity (Wildman–Crippen MR) is 126 cm³/mol. The highest BCUT2D eigenvalue weighted by Gasteiger charge is 2.35. The number of aryl methyl sites for hydroxylation is 1. The average molecular weight is 526 g/mol. The van der Waals surface area contributed by atoms with Gasteiger partial charge in [0.05, 0.1) is 46.6 Å². The van der Waals surface area contributed by atoms with Crippen molar-refractivity contribution in [2.75, 3.05) is 6.61 Å². The maximum Gasteiger partial charge on any atom is 0.333 e. The van der Waals surface area contributed by atoms with Gasteiger partial charge in [-0.3, -0.25) is 13.7 Å². The number of rotatable bonds is 9. The molecular formula is C21H24ClN5O5S2. The minimum atomic E-state index is -4.07. The fourth-order valence-corrected chi connectivity index (χ4v) is 5.75. The van der Waals surface area contributed by atoms with Gasteiger partial charge < -0.3 is 5.11 Å². The summed E-state index contributed by atoms with van der Waals surface area (Å²) in [6.07, 6.45) is 6.91. The minimum Gasteiger partial charge on any atom is -0.393 e. The van der Waals surface area contributed by atoms with Crippen molar-refractivity contribution in [1.29, 1.82) is 0 Å². The topological polar surface area (TPSA) is 150 Å². The summed E-state index contributed by atoms with van der Waals surface area (Å²) in [4.78, 5) is 23.3. The summed E-state index contributed by atoms with van der Waals surface area (Å²) in [5, 5.41) is 19.9. The number of hydrogen-bond donors (Lipinski definition) is 2. The highest BCUT2D eigenvalue weighted by Crippen LogP contribution is 2.35. The van der Waals surface area contributed by atoms with E-state index in [9.17, 15) is 18.3 Å². The number of hydrogen-bond acceptors (Lipinski definition) is 9. The summed E-state index contributed by atoms with van der Waals surface area (Å²) in [5.41, 5.74) is 1.98. The summed E-state index contributed by atoms with van der Waals surface area (Å²) < 4.78 is 28.5. The van der Waals surface area contributed by atoms with Crippen molar-refractivity contribution in [3.8, 4) is 0 Å². The summed E-state index contributed by atoms with van der Waals surface area (Å²) >= 11 is 7.34. The molecule has 3 aromatic rings. The molecule has 0 spiro atoms. The number of nitrogens with zero attached hydrogens (tertiary/aromatic N) is 4. The molecule has 4 rings (SSSR count). The first-order chi connectivity index (χ1) is 16.1. The number of ketones is 1. The zero-order chi connectivity index (χ0) is 24.5. The van der Waals surface area contributed by atoms with Crippen LogP contribution in [0.4, 0.5) is 0 Å². The second kappa shape index (κ2) is 10.2. The number of carbonyl (C=O) groups excluding carboxylic acids is 1. The lowest BCUT2D eigenvalue weighted by atomic mass is 9.96. The van der Waals surface area contributed by atoms with Gasteiger partial charge in [-0.1, -0.05) is 11.6 Å². The van der Waals surface area contributed by atoms with Crippen molar-refractivity contribution in [2.24, 2.45) is 17.0 Å². The molecule has 1 fully saturated rings. The molecule has 34 heavy (non-hydrogen) atoms. The van der Waals surface area contributed by atoms with Gasteiger partial charge in [0.1, 0.15) is 6.33 Å². The largest absolute Gasteiger partial charge is 0.393 e. The molecule has 3 heterocycles. The number of thiophene rings is 1. The monoisotopic (exact) mass is 525 g/mol. The first kappa shape index (κ1) is 24.9. The molecule has 0 unspecified atom stereocenters. The third kappa shape index (κ3) is 6.06. The number of carbonyl (C=O) groups is 1. The number of aliphatic hydroxyl groups excluding tert-OH is 1. The second-order valence-corrected chi connectivity index (χ2v) is 11.3. The molecule has 10 nitrogen and oxygen atoms in total. The molecule has 0 radical (unpaired) electrons. The van der Waals surface area contributed by atoms with E-state index in [0.29, 0.717) is 47.0 Å². The van der Waals surface area contributed by atoms with Gasteiger partial charge in [-0.25, -0.2) is 15.1 Å². The van der Waals surface area contributed by atoms with E-state index in [4.69, 9.17) is 16.7 Å². The molecule has 13 heteroatoms. The van der Waals surface area contributed by atoms with Crippen LogP contribution in [0.3, 0.4) is 0 Å². The fourth-order valence-electron chi connectivity index (χ4n) is 4.24. The third-order valence-corrected chi connectivity index (χ3v) is 7.65. The zero-order valence-corrected chi connectivity index (χ0v) is 20.7. The molecule has 0 aromatic carbocycles. The molecular weight excluding hydrogens is 502 g/mol. The normalized spacial score (nSPS) is 20.6. The Labute approximate surface area is 206 Å². The van der Waals surface area contributed by atoms with Crippen LogP contribution in [0.1, 0.15) is 44.2 Å². The van der Waals surface area contributed by atoms with Crippen LogP contribution >= 0.6 is 22.9 Å². The Morgan fingerprint density at radius 2 is 2.18 bits per heavy atom. The molecule has 1 saturated carbocycles. The maximum absolute atomic E-state index is 13.3. The Hall–Kier alpha value is -2.22. The van der Waals surface area contributed by atoms with E-state index in [1.807, 2.05) is 13.0 Å².